The van der Waals surface area contributed by atoms with Crippen molar-refractivity contribution in [3.05, 3.63) is 12.2 Å². The van der Waals surface area contributed by atoms with E-state index in [1.54, 1.807) is 0 Å². The van der Waals surface area contributed by atoms with E-state index in [9.17, 15) is 9.90 Å². The molecule has 0 aromatic carbocycles. The smallest absolute Gasteiger partial charge is 0.0711 e. The highest BCUT2D eigenvalue weighted by atomic mass is 16.4. The molecular formula is C6H13NO2. The lowest BCUT2D eigenvalue weighted by Gasteiger charge is -1.93. The summed E-state index contributed by atoms with van der Waals surface area (Å²) in [6.45, 7) is 7.49. The number of hydrogen-bond donors (Lipinski definition) is 1. The van der Waals surface area contributed by atoms with Gasteiger partial charge in [0.2, 0.25) is 0 Å². The molecule has 0 spiro atoms. The largest absolute Gasteiger partial charge is 0.545 e. The molecule has 3 heteroatoms. The van der Waals surface area contributed by atoms with Crippen LogP contribution in [-0.2, 0) is 4.79 Å². The van der Waals surface area contributed by atoms with E-state index in [2.05, 4.69) is 12.3 Å². The van der Waals surface area contributed by atoms with Crippen LogP contribution in [-0.4, -0.2) is 12.5 Å². The van der Waals surface area contributed by atoms with E-state index >= 15 is 0 Å². The predicted molar refractivity (Wildman–Crippen MR) is 33.3 cm³/mol. The van der Waals surface area contributed by atoms with E-state index in [0.29, 0.717) is 0 Å². The second kappa shape index (κ2) is 7.17. The molecule has 9 heavy (non-hydrogen) atoms. The second-order valence-corrected chi connectivity index (χ2v) is 1.57. The van der Waals surface area contributed by atoms with Gasteiger partial charge in [-0.05, 0) is 19.4 Å². The summed E-state index contributed by atoms with van der Waals surface area (Å²) in [5.41, 5.74) is 3.55. The lowest BCUT2D eigenvalue weighted by atomic mass is 10.4. The highest BCUT2D eigenvalue weighted by molar-refractivity contribution is 5.82. The van der Waals surface area contributed by atoms with E-state index in [-0.39, 0.29) is 5.57 Å². The van der Waals surface area contributed by atoms with Crippen LogP contribution in [0.15, 0.2) is 12.2 Å². The number of hydrogen-bond acceptors (Lipinski definition) is 2. The maximum Gasteiger partial charge on any atom is 0.0711 e. The van der Waals surface area contributed by atoms with E-state index < -0.39 is 5.97 Å². The van der Waals surface area contributed by atoms with Crippen molar-refractivity contribution in [1.29, 1.82) is 0 Å². The van der Waals surface area contributed by atoms with Crippen molar-refractivity contribution >= 4 is 5.97 Å². The van der Waals surface area contributed by atoms with Crippen molar-refractivity contribution in [2.75, 3.05) is 6.54 Å². The third kappa shape index (κ3) is 19.1. The Labute approximate surface area is 55.2 Å². The number of carbonyl (C=O) groups is 1. The molecule has 0 fully saturated rings. The van der Waals surface area contributed by atoms with Crippen molar-refractivity contribution in [2.45, 2.75) is 13.8 Å². The van der Waals surface area contributed by atoms with Crippen molar-refractivity contribution < 1.29 is 15.6 Å². The molecular weight excluding hydrogens is 118 g/mol. The number of carbonyl (C=O) groups excluding carboxylic acids is 1. The molecule has 0 rings (SSSR count). The molecule has 0 aliphatic heterocycles. The molecule has 0 saturated heterocycles. The molecule has 0 aliphatic carbocycles. The quantitative estimate of drug-likeness (QED) is 0.443. The highest BCUT2D eigenvalue weighted by Crippen LogP contribution is 1.77. The summed E-state index contributed by atoms with van der Waals surface area (Å²) < 4.78 is 0. The minimum atomic E-state index is -1.19. The first kappa shape index (κ1) is 11.0. The molecule has 0 aromatic heterocycles. The lowest BCUT2D eigenvalue weighted by molar-refractivity contribution is -0.361. The van der Waals surface area contributed by atoms with Crippen LogP contribution < -0.4 is 10.8 Å². The summed E-state index contributed by atoms with van der Waals surface area (Å²) in [7, 11) is 0. The highest BCUT2D eigenvalue weighted by Gasteiger charge is 1.76. The summed E-state index contributed by atoms with van der Waals surface area (Å²) in [5.74, 6) is -1.19. The molecule has 0 saturated carbocycles. The summed E-state index contributed by atoms with van der Waals surface area (Å²) in [6, 6.07) is 0. The van der Waals surface area contributed by atoms with Gasteiger partial charge in [-0.15, -0.1) is 0 Å². The average molecular weight is 131 g/mol. The van der Waals surface area contributed by atoms with Gasteiger partial charge in [0.05, 0.1) is 12.5 Å². The maximum absolute atomic E-state index is 9.49. The zero-order valence-electron chi connectivity index (χ0n) is 5.94. The number of aliphatic carboxylic acids is 1. The second-order valence-electron chi connectivity index (χ2n) is 1.57. The minimum Gasteiger partial charge on any atom is -0.545 e. The Morgan fingerprint density at radius 1 is 1.78 bits per heavy atom. The van der Waals surface area contributed by atoms with E-state index in [1.165, 1.54) is 6.92 Å². The van der Waals surface area contributed by atoms with E-state index in [1.807, 2.05) is 6.92 Å². The Balaban J connectivity index is 0. The monoisotopic (exact) mass is 131 g/mol. The Morgan fingerprint density at radius 3 is 1.89 bits per heavy atom. The third-order valence-electron chi connectivity index (χ3n) is 0.348. The lowest BCUT2D eigenvalue weighted by Crippen LogP contribution is -2.48. The van der Waals surface area contributed by atoms with Crippen molar-refractivity contribution in [3.63, 3.8) is 0 Å². The molecule has 0 heterocycles. The molecule has 0 aromatic rings. The van der Waals surface area contributed by atoms with E-state index in [4.69, 9.17) is 0 Å². The van der Waals surface area contributed by atoms with Gasteiger partial charge >= 0.3 is 0 Å². The zero-order chi connectivity index (χ0) is 7.86. The van der Waals surface area contributed by atoms with Crippen LogP contribution in [0.1, 0.15) is 13.8 Å². The van der Waals surface area contributed by atoms with E-state index in [0.717, 1.165) is 6.54 Å². The van der Waals surface area contributed by atoms with Gasteiger partial charge < -0.3 is 15.6 Å². The predicted octanol–water partition coefficient (Wildman–Crippen LogP) is -1.44. The van der Waals surface area contributed by atoms with Crippen molar-refractivity contribution in [3.8, 4) is 0 Å². The number of quaternary nitrogens is 1. The molecule has 0 unspecified atom stereocenters. The van der Waals surface area contributed by atoms with Crippen LogP contribution in [0.4, 0.5) is 0 Å². The SMILES string of the molecule is C=C(C)C(=O)[O-].CC[NH3+]. The summed E-state index contributed by atoms with van der Waals surface area (Å²) in [4.78, 5) is 9.49. The fraction of sp³-hybridized carbons (Fsp3) is 0.500. The Bertz CT molecular complexity index is 87.2. The summed E-state index contributed by atoms with van der Waals surface area (Å²) >= 11 is 0. The third-order valence-corrected chi connectivity index (χ3v) is 0.348. The Morgan fingerprint density at radius 2 is 1.89 bits per heavy atom. The molecule has 0 radical (unpaired) electrons. The number of carboxylic acids is 1. The van der Waals surface area contributed by atoms with Crippen LogP contribution in [0.25, 0.3) is 0 Å². The van der Waals surface area contributed by atoms with Gasteiger partial charge in [-0.3, -0.25) is 0 Å². The first-order valence-electron chi connectivity index (χ1n) is 2.72. The van der Waals surface area contributed by atoms with Gasteiger partial charge in [0, 0.05) is 0 Å². The number of carboxylic acid groups (broad SMARTS) is 1. The number of rotatable bonds is 1. The molecule has 0 atom stereocenters. The Kier molecular flexibility index (Phi) is 8.79. The van der Waals surface area contributed by atoms with Crippen LogP contribution >= 0.6 is 0 Å². The Hall–Kier alpha value is -0.830. The topological polar surface area (TPSA) is 67.8 Å². The van der Waals surface area contributed by atoms with Crippen molar-refractivity contribution in [1.82, 2.24) is 0 Å². The van der Waals surface area contributed by atoms with Gasteiger partial charge in [0.15, 0.2) is 0 Å². The van der Waals surface area contributed by atoms with Gasteiger partial charge in [-0.2, -0.15) is 0 Å². The molecule has 0 amide bonds. The van der Waals surface area contributed by atoms with Crippen molar-refractivity contribution in [2.24, 2.45) is 0 Å². The standard InChI is InChI=1S/C4H6O2.C2H7N/c1-3(2)4(5)6;1-2-3/h1H2,2H3,(H,5,6);2-3H2,1H3. The first-order chi connectivity index (χ1) is 4.06. The van der Waals surface area contributed by atoms with Gasteiger partial charge in [0.1, 0.15) is 0 Å². The fourth-order valence-corrected chi connectivity index (χ4v) is 0. The average Bonchev–Trinajstić information content (AvgIpc) is 1.68. The van der Waals surface area contributed by atoms with Crippen LogP contribution in [0.3, 0.4) is 0 Å². The molecule has 0 aliphatic rings. The maximum atomic E-state index is 9.49. The molecule has 54 valence electrons. The molecule has 0 bridgehead atoms. The fourth-order valence-electron chi connectivity index (χ4n) is 0. The van der Waals surface area contributed by atoms with Crippen LogP contribution in [0.5, 0.6) is 0 Å². The van der Waals surface area contributed by atoms with Crippen LogP contribution in [0, 0.1) is 0 Å². The summed E-state index contributed by atoms with van der Waals surface area (Å²) in [6.07, 6.45) is 0. The summed E-state index contributed by atoms with van der Waals surface area (Å²) in [5, 5.41) is 9.49. The zero-order valence-corrected chi connectivity index (χ0v) is 5.94. The normalized spacial score (nSPS) is 7.00. The van der Waals surface area contributed by atoms with Crippen LogP contribution in [0.2, 0.25) is 0 Å². The van der Waals surface area contributed by atoms with Gasteiger partial charge in [-0.25, -0.2) is 0 Å². The first-order valence-corrected chi connectivity index (χ1v) is 2.72. The van der Waals surface area contributed by atoms with Gasteiger partial charge in [-0.1, -0.05) is 6.58 Å². The van der Waals surface area contributed by atoms with Gasteiger partial charge in [0.25, 0.3) is 0 Å². The molecule has 3 N–H and O–H groups in total. The molecule has 3 nitrogen and oxygen atoms in total. The minimum absolute atomic E-state index is 0.0648.